The van der Waals surface area contributed by atoms with Gasteiger partial charge in [0, 0.05) is 42.5 Å². The molecule has 1 aliphatic rings. The van der Waals surface area contributed by atoms with E-state index in [0.717, 1.165) is 24.3 Å². The van der Waals surface area contributed by atoms with E-state index in [1.165, 1.54) is 0 Å². The molecular formula is C22H22ClN5O2. The summed E-state index contributed by atoms with van der Waals surface area (Å²) in [6.45, 7) is 2.66. The predicted molar refractivity (Wildman–Crippen MR) is 117 cm³/mol. The Hall–Kier alpha value is -3.32. The summed E-state index contributed by atoms with van der Waals surface area (Å²) in [6.07, 6.45) is 0. The van der Waals surface area contributed by atoms with Crippen molar-refractivity contribution in [2.75, 3.05) is 37.6 Å². The molecule has 2 heterocycles. The second-order valence-electron chi connectivity index (χ2n) is 7.06. The number of rotatable bonds is 5. The molecule has 2 amide bonds. The third kappa shape index (κ3) is 4.63. The Morgan fingerprint density at radius 2 is 1.70 bits per heavy atom. The molecule has 0 saturated carbocycles. The Bertz CT molecular complexity index is 1010. The fourth-order valence-electron chi connectivity index (χ4n) is 3.42. The Balaban J connectivity index is 1.26. The number of anilines is 1. The van der Waals surface area contributed by atoms with E-state index in [2.05, 4.69) is 20.4 Å². The van der Waals surface area contributed by atoms with E-state index in [1.54, 1.807) is 11.0 Å². The molecule has 2 N–H and O–H groups in total. The van der Waals surface area contributed by atoms with Crippen LogP contribution in [0.5, 0.6) is 0 Å². The average molecular weight is 424 g/mol. The largest absolute Gasteiger partial charge is 0.368 e. The van der Waals surface area contributed by atoms with E-state index in [-0.39, 0.29) is 18.4 Å². The maximum atomic E-state index is 12.5. The molecule has 1 fully saturated rings. The zero-order valence-corrected chi connectivity index (χ0v) is 17.1. The number of aromatic nitrogens is 2. The van der Waals surface area contributed by atoms with Crippen LogP contribution < -0.4 is 10.2 Å². The van der Waals surface area contributed by atoms with Crippen molar-refractivity contribution < 1.29 is 9.59 Å². The monoisotopic (exact) mass is 423 g/mol. The second kappa shape index (κ2) is 9.00. The summed E-state index contributed by atoms with van der Waals surface area (Å²) in [4.78, 5) is 28.9. The van der Waals surface area contributed by atoms with Gasteiger partial charge in [0.05, 0.1) is 12.2 Å². The van der Waals surface area contributed by atoms with Gasteiger partial charge in [0.1, 0.15) is 5.69 Å². The van der Waals surface area contributed by atoms with Crippen molar-refractivity contribution in [1.82, 2.24) is 20.4 Å². The van der Waals surface area contributed by atoms with E-state index in [0.29, 0.717) is 29.5 Å². The maximum absolute atomic E-state index is 12.5. The minimum absolute atomic E-state index is 0.0422. The van der Waals surface area contributed by atoms with Gasteiger partial charge < -0.3 is 15.1 Å². The van der Waals surface area contributed by atoms with Crippen LogP contribution in [0.1, 0.15) is 10.5 Å². The lowest BCUT2D eigenvalue weighted by molar-refractivity contribution is -0.130. The molecule has 2 aromatic carbocycles. The third-order valence-electron chi connectivity index (χ3n) is 5.12. The minimum atomic E-state index is -0.349. The first-order valence-electron chi connectivity index (χ1n) is 9.77. The van der Waals surface area contributed by atoms with Gasteiger partial charge in [-0.1, -0.05) is 41.9 Å². The van der Waals surface area contributed by atoms with Crippen LogP contribution >= 0.6 is 11.6 Å². The number of benzene rings is 2. The molecule has 0 bridgehead atoms. The lowest BCUT2D eigenvalue weighted by atomic mass is 10.1. The maximum Gasteiger partial charge on any atom is 0.269 e. The summed E-state index contributed by atoms with van der Waals surface area (Å²) in [5.41, 5.74) is 3.02. The van der Waals surface area contributed by atoms with E-state index in [9.17, 15) is 9.59 Å². The highest BCUT2D eigenvalue weighted by molar-refractivity contribution is 6.30. The molecule has 0 aliphatic carbocycles. The molecular weight excluding hydrogens is 402 g/mol. The number of piperazine rings is 1. The standard InChI is InChI=1S/C22H22ClN5O2/c23-17-6-8-18(9-7-17)27-10-12-28(13-11-27)21(29)15-24-22(30)20-14-19(25-26-20)16-4-2-1-3-5-16/h1-9,14H,10-13,15H2,(H,24,30)(H,25,26). The Labute approximate surface area is 179 Å². The van der Waals surface area contributed by atoms with Gasteiger partial charge in [-0.25, -0.2) is 0 Å². The van der Waals surface area contributed by atoms with Crippen LogP contribution in [0, 0.1) is 0 Å². The number of nitrogens with one attached hydrogen (secondary N) is 2. The number of carbonyl (C=O) groups is 2. The number of hydrogen-bond acceptors (Lipinski definition) is 4. The smallest absolute Gasteiger partial charge is 0.269 e. The highest BCUT2D eigenvalue weighted by atomic mass is 35.5. The molecule has 0 spiro atoms. The number of amides is 2. The molecule has 8 heteroatoms. The summed E-state index contributed by atoms with van der Waals surface area (Å²) in [5, 5.41) is 10.3. The first-order chi connectivity index (χ1) is 14.6. The summed E-state index contributed by atoms with van der Waals surface area (Å²) in [7, 11) is 0. The van der Waals surface area contributed by atoms with Crippen LogP contribution in [-0.4, -0.2) is 59.6 Å². The topological polar surface area (TPSA) is 81.3 Å². The fraction of sp³-hybridized carbons (Fsp3) is 0.227. The zero-order chi connectivity index (χ0) is 20.9. The highest BCUT2D eigenvalue weighted by Gasteiger charge is 2.22. The van der Waals surface area contributed by atoms with Crippen molar-refractivity contribution in [2.45, 2.75) is 0 Å². The molecule has 0 radical (unpaired) electrons. The first-order valence-corrected chi connectivity index (χ1v) is 10.2. The molecule has 1 saturated heterocycles. The normalized spacial score (nSPS) is 13.9. The summed E-state index contributed by atoms with van der Waals surface area (Å²) in [5.74, 6) is -0.445. The van der Waals surface area contributed by atoms with Gasteiger partial charge in [0.2, 0.25) is 5.91 Å². The quantitative estimate of drug-likeness (QED) is 0.661. The Morgan fingerprint density at radius 1 is 1.00 bits per heavy atom. The second-order valence-corrected chi connectivity index (χ2v) is 7.50. The fourth-order valence-corrected chi connectivity index (χ4v) is 3.55. The van der Waals surface area contributed by atoms with Crippen LogP contribution in [0.25, 0.3) is 11.3 Å². The van der Waals surface area contributed by atoms with Crippen molar-refractivity contribution in [3.8, 4) is 11.3 Å². The Morgan fingerprint density at radius 3 is 2.40 bits per heavy atom. The third-order valence-corrected chi connectivity index (χ3v) is 5.37. The van der Waals surface area contributed by atoms with Gasteiger partial charge in [-0.3, -0.25) is 14.7 Å². The van der Waals surface area contributed by atoms with E-state index >= 15 is 0 Å². The number of H-pyrrole nitrogens is 1. The van der Waals surface area contributed by atoms with Gasteiger partial charge in [-0.2, -0.15) is 5.10 Å². The summed E-state index contributed by atoms with van der Waals surface area (Å²) in [6, 6.07) is 19.0. The van der Waals surface area contributed by atoms with Gasteiger partial charge in [0.25, 0.3) is 5.91 Å². The van der Waals surface area contributed by atoms with Crippen molar-refractivity contribution in [2.24, 2.45) is 0 Å². The molecule has 3 aromatic rings. The first kappa shape index (κ1) is 20.0. The molecule has 0 atom stereocenters. The average Bonchev–Trinajstić information content (AvgIpc) is 3.29. The lowest BCUT2D eigenvalue weighted by Crippen LogP contribution is -2.51. The van der Waals surface area contributed by atoms with E-state index < -0.39 is 0 Å². The Kier molecular flexibility index (Phi) is 5.99. The van der Waals surface area contributed by atoms with Crippen LogP contribution in [0.3, 0.4) is 0 Å². The molecule has 0 unspecified atom stereocenters. The minimum Gasteiger partial charge on any atom is -0.368 e. The van der Waals surface area contributed by atoms with E-state index in [4.69, 9.17) is 11.6 Å². The number of carbonyl (C=O) groups excluding carboxylic acids is 2. The lowest BCUT2D eigenvalue weighted by Gasteiger charge is -2.36. The van der Waals surface area contributed by atoms with Gasteiger partial charge in [0.15, 0.2) is 0 Å². The molecule has 4 rings (SSSR count). The van der Waals surface area contributed by atoms with Crippen LogP contribution in [0.15, 0.2) is 60.7 Å². The molecule has 1 aliphatic heterocycles. The number of hydrogen-bond donors (Lipinski definition) is 2. The van der Waals surface area contributed by atoms with Crippen LogP contribution in [0.4, 0.5) is 5.69 Å². The predicted octanol–water partition coefficient (Wildman–Crippen LogP) is 2.81. The van der Waals surface area contributed by atoms with Gasteiger partial charge in [-0.15, -0.1) is 0 Å². The van der Waals surface area contributed by atoms with Crippen LogP contribution in [-0.2, 0) is 4.79 Å². The molecule has 154 valence electrons. The van der Waals surface area contributed by atoms with E-state index in [1.807, 2.05) is 54.6 Å². The van der Waals surface area contributed by atoms with Crippen molar-refractivity contribution in [1.29, 1.82) is 0 Å². The van der Waals surface area contributed by atoms with Crippen LogP contribution in [0.2, 0.25) is 5.02 Å². The van der Waals surface area contributed by atoms with Crippen molar-refractivity contribution in [3.05, 3.63) is 71.4 Å². The summed E-state index contributed by atoms with van der Waals surface area (Å²) >= 11 is 5.94. The summed E-state index contributed by atoms with van der Waals surface area (Å²) < 4.78 is 0. The van der Waals surface area contributed by atoms with Gasteiger partial charge in [-0.05, 0) is 30.3 Å². The molecule has 30 heavy (non-hydrogen) atoms. The van der Waals surface area contributed by atoms with Gasteiger partial charge >= 0.3 is 0 Å². The molecule has 7 nitrogen and oxygen atoms in total. The highest BCUT2D eigenvalue weighted by Crippen LogP contribution is 2.19. The SMILES string of the molecule is O=C(NCC(=O)N1CCN(c2ccc(Cl)cc2)CC1)c1cc(-c2ccccc2)n[nH]1. The zero-order valence-electron chi connectivity index (χ0n) is 16.3. The van der Waals surface area contributed by atoms with Crippen molar-refractivity contribution >= 4 is 29.1 Å². The molecule has 1 aromatic heterocycles. The number of nitrogens with zero attached hydrogens (tertiary/aromatic N) is 3. The number of aromatic amines is 1. The van der Waals surface area contributed by atoms with Crippen molar-refractivity contribution in [3.63, 3.8) is 0 Å². The number of halogens is 1.